The Morgan fingerprint density at radius 3 is 2.65 bits per heavy atom. The summed E-state index contributed by atoms with van der Waals surface area (Å²) in [5.74, 6) is 1.22. The van der Waals surface area contributed by atoms with Crippen LogP contribution in [-0.2, 0) is 13.0 Å². The molecular formula is C24H24F3N5OS. The zero-order valence-electron chi connectivity index (χ0n) is 18.3. The van der Waals surface area contributed by atoms with Gasteiger partial charge in [-0.05, 0) is 49.4 Å². The molecule has 1 fully saturated rings. The molecule has 0 radical (unpaired) electrons. The van der Waals surface area contributed by atoms with Gasteiger partial charge < -0.3 is 15.1 Å². The monoisotopic (exact) mass is 487 g/mol. The first kappa shape index (κ1) is 22.8. The Morgan fingerprint density at radius 2 is 1.88 bits per heavy atom. The number of hydrogen-bond acceptors (Lipinski definition) is 7. The van der Waals surface area contributed by atoms with E-state index < -0.39 is 12.6 Å². The molecule has 6 nitrogen and oxygen atoms in total. The first-order valence-corrected chi connectivity index (χ1v) is 12.0. The van der Waals surface area contributed by atoms with E-state index in [9.17, 15) is 13.2 Å². The first-order valence-electron chi connectivity index (χ1n) is 11.2. The molecule has 178 valence electrons. The molecule has 4 aromatic rings. The van der Waals surface area contributed by atoms with Crippen molar-refractivity contribution in [2.75, 3.05) is 5.32 Å². The van der Waals surface area contributed by atoms with Crippen molar-refractivity contribution in [3.05, 3.63) is 59.6 Å². The maximum absolute atomic E-state index is 12.8. The molecule has 0 aliphatic heterocycles. The van der Waals surface area contributed by atoms with Gasteiger partial charge in [-0.25, -0.2) is 15.0 Å². The SMILES string of the molecule is FC(F)(F)Cc1cc2c(N[C@@H]3CCC[C@H](NCc4ccc(-c5ncco5)cc4)C3)ncnc2s1. The fraction of sp³-hybridized carbons (Fsp3) is 0.375. The zero-order valence-corrected chi connectivity index (χ0v) is 19.1. The lowest BCUT2D eigenvalue weighted by Gasteiger charge is -2.31. The summed E-state index contributed by atoms with van der Waals surface area (Å²) in [6.45, 7) is 0.756. The van der Waals surface area contributed by atoms with Gasteiger partial charge in [0.1, 0.15) is 23.2 Å². The minimum absolute atomic E-state index is 0.197. The van der Waals surface area contributed by atoms with Crippen molar-refractivity contribution in [3.63, 3.8) is 0 Å². The van der Waals surface area contributed by atoms with Crippen LogP contribution in [0.2, 0.25) is 0 Å². The molecule has 0 saturated heterocycles. The van der Waals surface area contributed by atoms with Crippen LogP contribution >= 0.6 is 11.3 Å². The predicted molar refractivity (Wildman–Crippen MR) is 126 cm³/mol. The number of thiophene rings is 1. The number of anilines is 1. The molecular weight excluding hydrogens is 463 g/mol. The average Bonchev–Trinajstić information content (AvgIpc) is 3.48. The fourth-order valence-electron chi connectivity index (χ4n) is 4.40. The van der Waals surface area contributed by atoms with Gasteiger partial charge in [0.15, 0.2) is 0 Å². The molecule has 0 unspecified atom stereocenters. The van der Waals surface area contributed by atoms with Crippen LogP contribution in [-0.4, -0.2) is 33.2 Å². The second kappa shape index (κ2) is 9.71. The van der Waals surface area contributed by atoms with Crippen molar-refractivity contribution in [2.45, 2.75) is 56.9 Å². The second-order valence-electron chi connectivity index (χ2n) is 8.57. The van der Waals surface area contributed by atoms with Crippen molar-refractivity contribution in [1.29, 1.82) is 0 Å². The lowest BCUT2D eigenvalue weighted by molar-refractivity contribution is -0.126. The Labute approximate surface area is 198 Å². The van der Waals surface area contributed by atoms with E-state index in [1.165, 1.54) is 11.9 Å². The third-order valence-corrected chi connectivity index (χ3v) is 7.04. The summed E-state index contributed by atoms with van der Waals surface area (Å²) in [6.07, 6.45) is 3.49. The van der Waals surface area contributed by atoms with Crippen LogP contribution in [0.4, 0.5) is 19.0 Å². The average molecular weight is 488 g/mol. The summed E-state index contributed by atoms with van der Waals surface area (Å²) >= 11 is 1.07. The maximum Gasteiger partial charge on any atom is 0.393 e. The summed E-state index contributed by atoms with van der Waals surface area (Å²) in [5, 5.41) is 7.77. The Hall–Kier alpha value is -2.98. The van der Waals surface area contributed by atoms with Crippen LogP contribution in [0.15, 0.2) is 53.5 Å². The Balaban J connectivity index is 1.19. The number of benzene rings is 1. The van der Waals surface area contributed by atoms with Gasteiger partial charge in [0.05, 0.1) is 18.0 Å². The minimum Gasteiger partial charge on any atom is -0.445 e. The number of fused-ring (bicyclic) bond motifs is 1. The van der Waals surface area contributed by atoms with Crippen LogP contribution in [0, 0.1) is 0 Å². The van der Waals surface area contributed by atoms with E-state index in [0.29, 0.717) is 28.0 Å². The maximum atomic E-state index is 12.8. The van der Waals surface area contributed by atoms with Crippen molar-refractivity contribution < 1.29 is 17.6 Å². The summed E-state index contributed by atoms with van der Waals surface area (Å²) in [7, 11) is 0. The number of oxazole rings is 1. The normalized spacial score (nSPS) is 18.9. The van der Waals surface area contributed by atoms with E-state index in [-0.39, 0.29) is 10.9 Å². The molecule has 1 aliphatic rings. The number of hydrogen-bond donors (Lipinski definition) is 2. The summed E-state index contributed by atoms with van der Waals surface area (Å²) in [5.41, 5.74) is 2.12. The highest BCUT2D eigenvalue weighted by Gasteiger charge is 2.29. The predicted octanol–water partition coefficient (Wildman–Crippen LogP) is 5.96. The number of nitrogens with zero attached hydrogens (tertiary/aromatic N) is 3. The van der Waals surface area contributed by atoms with Crippen LogP contribution in [0.5, 0.6) is 0 Å². The molecule has 1 saturated carbocycles. The molecule has 5 rings (SSSR count). The Morgan fingerprint density at radius 1 is 1.06 bits per heavy atom. The van der Waals surface area contributed by atoms with Crippen molar-refractivity contribution in [2.24, 2.45) is 0 Å². The van der Waals surface area contributed by atoms with E-state index in [0.717, 1.165) is 49.1 Å². The van der Waals surface area contributed by atoms with Crippen molar-refractivity contribution >= 4 is 27.4 Å². The lowest BCUT2D eigenvalue weighted by atomic mass is 9.90. The first-order chi connectivity index (χ1) is 16.4. The van der Waals surface area contributed by atoms with Crippen LogP contribution in [0.25, 0.3) is 21.7 Å². The van der Waals surface area contributed by atoms with Gasteiger partial charge in [0.25, 0.3) is 0 Å². The van der Waals surface area contributed by atoms with E-state index in [2.05, 4.69) is 37.7 Å². The number of aromatic nitrogens is 3. The van der Waals surface area contributed by atoms with E-state index in [4.69, 9.17) is 4.42 Å². The van der Waals surface area contributed by atoms with Gasteiger partial charge in [0.2, 0.25) is 5.89 Å². The standard InChI is InChI=1S/C24H24F3N5OS/c25-24(26,27)12-19-11-20-21(30-14-31-23(20)34-19)32-18-3-1-2-17(10-18)29-13-15-4-6-16(7-5-15)22-28-8-9-33-22/h4-9,11,14,17-18,29H,1-3,10,12-13H2,(H,30,31,32)/t17-,18+/m0/s1. The fourth-order valence-corrected chi connectivity index (χ4v) is 5.42. The number of halogens is 3. The van der Waals surface area contributed by atoms with Crippen molar-refractivity contribution in [3.8, 4) is 11.5 Å². The molecule has 3 aromatic heterocycles. The topological polar surface area (TPSA) is 75.9 Å². The minimum atomic E-state index is -4.24. The van der Waals surface area contributed by atoms with Gasteiger partial charge in [-0.1, -0.05) is 12.1 Å². The molecule has 2 N–H and O–H groups in total. The third-order valence-electron chi connectivity index (χ3n) is 6.00. The highest BCUT2D eigenvalue weighted by molar-refractivity contribution is 7.18. The van der Waals surface area contributed by atoms with E-state index in [1.54, 1.807) is 18.5 Å². The third kappa shape index (κ3) is 5.56. The van der Waals surface area contributed by atoms with Gasteiger partial charge in [-0.15, -0.1) is 11.3 Å². The van der Waals surface area contributed by atoms with E-state index in [1.807, 2.05) is 12.1 Å². The van der Waals surface area contributed by atoms with Crippen molar-refractivity contribution in [1.82, 2.24) is 20.3 Å². The molecule has 3 heterocycles. The highest BCUT2D eigenvalue weighted by Crippen LogP contribution is 2.33. The molecule has 2 atom stereocenters. The van der Waals surface area contributed by atoms with Gasteiger partial charge in [-0.2, -0.15) is 13.2 Å². The Bertz CT molecular complexity index is 1220. The van der Waals surface area contributed by atoms with Gasteiger partial charge in [0, 0.05) is 29.1 Å². The molecule has 34 heavy (non-hydrogen) atoms. The van der Waals surface area contributed by atoms with Crippen LogP contribution in [0.3, 0.4) is 0 Å². The molecule has 10 heteroatoms. The molecule has 1 aliphatic carbocycles. The molecule has 0 spiro atoms. The molecule has 0 amide bonds. The molecule has 0 bridgehead atoms. The van der Waals surface area contributed by atoms with E-state index >= 15 is 0 Å². The Kier molecular flexibility index (Phi) is 6.51. The number of alkyl halides is 3. The van der Waals surface area contributed by atoms with Crippen LogP contribution in [0.1, 0.15) is 36.1 Å². The highest BCUT2D eigenvalue weighted by atomic mass is 32.1. The summed E-state index contributed by atoms with van der Waals surface area (Å²) < 4.78 is 43.8. The quantitative estimate of drug-likeness (QED) is 0.335. The largest absolute Gasteiger partial charge is 0.445 e. The lowest BCUT2D eigenvalue weighted by Crippen LogP contribution is -2.38. The summed E-state index contributed by atoms with van der Waals surface area (Å²) in [4.78, 5) is 13.5. The van der Waals surface area contributed by atoms with Crippen LogP contribution < -0.4 is 10.6 Å². The zero-order chi connectivity index (χ0) is 23.5. The number of nitrogens with one attached hydrogen (secondary N) is 2. The summed E-state index contributed by atoms with van der Waals surface area (Å²) in [6, 6.07) is 10.2. The second-order valence-corrected chi connectivity index (χ2v) is 9.68. The van der Waals surface area contributed by atoms with Gasteiger partial charge >= 0.3 is 6.18 Å². The molecule has 1 aromatic carbocycles. The van der Waals surface area contributed by atoms with Gasteiger partial charge in [-0.3, -0.25) is 0 Å². The smallest absolute Gasteiger partial charge is 0.393 e. The number of rotatable bonds is 7.